The quantitative estimate of drug-likeness (QED) is 0.784. The molecule has 0 saturated carbocycles. The number of hydrogen-bond acceptors (Lipinski definition) is 2. The molecule has 0 aliphatic heterocycles. The minimum Gasteiger partial charge on any atom is -0.373 e. The topological polar surface area (TPSA) is 41.1 Å². The Morgan fingerprint density at radius 1 is 1.39 bits per heavy atom. The molecule has 0 heterocycles. The van der Waals surface area contributed by atoms with E-state index in [0.717, 1.165) is 12.8 Å². The normalized spacial score (nSPS) is 12.0. The first-order valence-electron chi connectivity index (χ1n) is 6.04. The number of carbonyl (C=O) groups is 1. The molecule has 0 fully saturated rings. The van der Waals surface area contributed by atoms with Gasteiger partial charge in [-0.2, -0.15) is 0 Å². The van der Waals surface area contributed by atoms with Gasteiger partial charge in [0.1, 0.15) is 6.04 Å². The Kier molecular flexibility index (Phi) is 6.30. The van der Waals surface area contributed by atoms with Crippen molar-refractivity contribution in [1.82, 2.24) is 5.32 Å². The largest absolute Gasteiger partial charge is 0.373 e. The summed E-state index contributed by atoms with van der Waals surface area (Å²) in [6, 6.07) is 4.95. The van der Waals surface area contributed by atoms with Crippen molar-refractivity contribution < 1.29 is 4.79 Å². The monoisotopic (exact) mass is 288 g/mol. The van der Waals surface area contributed by atoms with Crippen LogP contribution in [-0.4, -0.2) is 18.5 Å². The molecule has 0 bridgehead atoms. The van der Waals surface area contributed by atoms with E-state index in [4.69, 9.17) is 23.2 Å². The molecule has 100 valence electrons. The number of benzene rings is 1. The van der Waals surface area contributed by atoms with Gasteiger partial charge in [0.15, 0.2) is 0 Å². The van der Waals surface area contributed by atoms with Crippen molar-refractivity contribution in [2.24, 2.45) is 0 Å². The third-order valence-corrected chi connectivity index (χ3v) is 3.37. The van der Waals surface area contributed by atoms with Gasteiger partial charge in [-0.05, 0) is 25.5 Å². The molecular weight excluding hydrogens is 271 g/mol. The first kappa shape index (κ1) is 15.1. The second kappa shape index (κ2) is 7.49. The summed E-state index contributed by atoms with van der Waals surface area (Å²) >= 11 is 11.9. The molecule has 0 saturated heterocycles. The Hall–Kier alpha value is -0.930. The third kappa shape index (κ3) is 4.39. The van der Waals surface area contributed by atoms with Crippen molar-refractivity contribution >= 4 is 34.8 Å². The van der Waals surface area contributed by atoms with Crippen molar-refractivity contribution in [3.63, 3.8) is 0 Å². The molecule has 0 spiro atoms. The van der Waals surface area contributed by atoms with Crippen LogP contribution in [-0.2, 0) is 4.79 Å². The fraction of sp³-hybridized carbons (Fsp3) is 0.462. The minimum atomic E-state index is -0.349. The van der Waals surface area contributed by atoms with E-state index in [2.05, 4.69) is 17.6 Å². The summed E-state index contributed by atoms with van der Waals surface area (Å²) in [5, 5.41) is 6.82. The minimum absolute atomic E-state index is 0.0421. The summed E-state index contributed by atoms with van der Waals surface area (Å²) in [5.74, 6) is -0.0421. The highest BCUT2D eigenvalue weighted by atomic mass is 35.5. The second-order valence-electron chi connectivity index (χ2n) is 4.11. The van der Waals surface area contributed by atoms with E-state index in [-0.39, 0.29) is 11.9 Å². The Bertz CT molecular complexity index is 410. The van der Waals surface area contributed by atoms with Crippen LogP contribution in [0.2, 0.25) is 10.0 Å². The molecule has 5 heteroatoms. The Balaban J connectivity index is 2.56. The van der Waals surface area contributed by atoms with Gasteiger partial charge in [0.25, 0.3) is 0 Å². The number of rotatable bonds is 6. The molecule has 18 heavy (non-hydrogen) atoms. The van der Waals surface area contributed by atoms with Crippen LogP contribution in [0.15, 0.2) is 18.2 Å². The van der Waals surface area contributed by atoms with Crippen LogP contribution in [0.3, 0.4) is 0 Å². The van der Waals surface area contributed by atoms with Crippen molar-refractivity contribution in [2.75, 3.05) is 11.9 Å². The second-order valence-corrected chi connectivity index (χ2v) is 4.90. The molecule has 1 atom stereocenters. The van der Waals surface area contributed by atoms with Gasteiger partial charge in [0.2, 0.25) is 5.91 Å². The summed E-state index contributed by atoms with van der Waals surface area (Å²) in [6.07, 6.45) is 2.04. The molecule has 1 aromatic rings. The standard InChI is InChI=1S/C13H18Cl2N2O/c1-3-4-8-16-13(18)9(2)17-11-7-5-6-10(14)12(11)15/h5-7,9,17H,3-4,8H2,1-2H3,(H,16,18). The third-order valence-electron chi connectivity index (χ3n) is 2.55. The van der Waals surface area contributed by atoms with Crippen LogP contribution < -0.4 is 10.6 Å². The molecule has 0 aromatic heterocycles. The predicted molar refractivity (Wildman–Crippen MR) is 77.5 cm³/mol. The zero-order valence-electron chi connectivity index (χ0n) is 10.6. The Morgan fingerprint density at radius 2 is 2.11 bits per heavy atom. The van der Waals surface area contributed by atoms with Gasteiger partial charge in [0.05, 0.1) is 15.7 Å². The number of halogens is 2. The molecule has 2 N–H and O–H groups in total. The van der Waals surface area contributed by atoms with Gasteiger partial charge < -0.3 is 10.6 Å². The highest BCUT2D eigenvalue weighted by Crippen LogP contribution is 2.29. The summed E-state index contributed by atoms with van der Waals surface area (Å²) in [6.45, 7) is 4.57. The molecule has 0 radical (unpaired) electrons. The SMILES string of the molecule is CCCCNC(=O)C(C)Nc1cccc(Cl)c1Cl. The highest BCUT2D eigenvalue weighted by molar-refractivity contribution is 6.43. The summed E-state index contributed by atoms with van der Waals surface area (Å²) < 4.78 is 0. The van der Waals surface area contributed by atoms with Crippen LogP contribution in [0, 0.1) is 0 Å². The Morgan fingerprint density at radius 3 is 2.78 bits per heavy atom. The van der Waals surface area contributed by atoms with Crippen molar-refractivity contribution in [3.05, 3.63) is 28.2 Å². The number of nitrogens with one attached hydrogen (secondary N) is 2. The van der Waals surface area contributed by atoms with Gasteiger partial charge in [-0.25, -0.2) is 0 Å². The zero-order valence-corrected chi connectivity index (χ0v) is 12.1. The average Bonchev–Trinajstić information content (AvgIpc) is 2.35. The van der Waals surface area contributed by atoms with Crippen molar-refractivity contribution in [2.45, 2.75) is 32.7 Å². The van der Waals surface area contributed by atoms with Gasteiger partial charge in [-0.3, -0.25) is 4.79 Å². The number of carbonyl (C=O) groups excluding carboxylic acids is 1. The van der Waals surface area contributed by atoms with E-state index in [1.165, 1.54) is 0 Å². The predicted octanol–water partition coefficient (Wildman–Crippen LogP) is 3.71. The van der Waals surface area contributed by atoms with Crippen LogP contribution in [0.25, 0.3) is 0 Å². The average molecular weight is 289 g/mol. The number of amides is 1. The first-order chi connectivity index (χ1) is 8.56. The Labute approximate surface area is 118 Å². The smallest absolute Gasteiger partial charge is 0.242 e. The molecule has 3 nitrogen and oxygen atoms in total. The molecular formula is C13H18Cl2N2O. The molecule has 1 amide bonds. The van der Waals surface area contributed by atoms with Crippen LogP contribution in [0.4, 0.5) is 5.69 Å². The van der Waals surface area contributed by atoms with E-state index in [9.17, 15) is 4.79 Å². The number of hydrogen-bond donors (Lipinski definition) is 2. The zero-order chi connectivity index (χ0) is 13.5. The molecule has 1 unspecified atom stereocenters. The van der Waals surface area contributed by atoms with E-state index >= 15 is 0 Å². The van der Waals surface area contributed by atoms with Crippen molar-refractivity contribution in [3.8, 4) is 0 Å². The number of unbranched alkanes of at least 4 members (excludes halogenated alkanes) is 1. The maximum Gasteiger partial charge on any atom is 0.242 e. The van der Waals surface area contributed by atoms with E-state index in [0.29, 0.717) is 22.3 Å². The van der Waals surface area contributed by atoms with Crippen LogP contribution >= 0.6 is 23.2 Å². The first-order valence-corrected chi connectivity index (χ1v) is 6.80. The van der Waals surface area contributed by atoms with Crippen LogP contribution in [0.1, 0.15) is 26.7 Å². The van der Waals surface area contributed by atoms with Gasteiger partial charge in [-0.15, -0.1) is 0 Å². The summed E-state index contributed by atoms with van der Waals surface area (Å²) in [5.41, 5.74) is 0.669. The lowest BCUT2D eigenvalue weighted by Gasteiger charge is -2.16. The lowest BCUT2D eigenvalue weighted by Crippen LogP contribution is -2.38. The van der Waals surface area contributed by atoms with Gasteiger partial charge in [0, 0.05) is 6.54 Å². The molecule has 0 aliphatic carbocycles. The van der Waals surface area contributed by atoms with Crippen LogP contribution in [0.5, 0.6) is 0 Å². The number of anilines is 1. The summed E-state index contributed by atoms with van der Waals surface area (Å²) in [7, 11) is 0. The van der Waals surface area contributed by atoms with Crippen molar-refractivity contribution in [1.29, 1.82) is 0 Å². The maximum atomic E-state index is 11.8. The maximum absolute atomic E-state index is 11.8. The van der Waals surface area contributed by atoms with Gasteiger partial charge in [-0.1, -0.05) is 42.6 Å². The molecule has 1 rings (SSSR count). The fourth-order valence-corrected chi connectivity index (χ4v) is 1.81. The molecule has 0 aliphatic rings. The lowest BCUT2D eigenvalue weighted by atomic mass is 10.2. The van der Waals surface area contributed by atoms with E-state index < -0.39 is 0 Å². The highest BCUT2D eigenvalue weighted by Gasteiger charge is 2.13. The van der Waals surface area contributed by atoms with Gasteiger partial charge >= 0.3 is 0 Å². The fourth-order valence-electron chi connectivity index (χ4n) is 1.46. The van der Waals surface area contributed by atoms with E-state index in [1.54, 1.807) is 25.1 Å². The molecule has 1 aromatic carbocycles. The summed E-state index contributed by atoms with van der Waals surface area (Å²) in [4.78, 5) is 11.8. The lowest BCUT2D eigenvalue weighted by molar-refractivity contribution is -0.121. The van der Waals surface area contributed by atoms with E-state index in [1.807, 2.05) is 0 Å².